The molecule has 6 nitrogen and oxygen atoms in total. The van der Waals surface area contributed by atoms with Crippen molar-refractivity contribution in [2.75, 3.05) is 14.2 Å². The Hall–Kier alpha value is -2.89. The van der Waals surface area contributed by atoms with Crippen LogP contribution in [0.5, 0.6) is 11.5 Å². The Morgan fingerprint density at radius 2 is 1.80 bits per heavy atom. The first-order valence-electron chi connectivity index (χ1n) is 10.7. The molecular formula is C24H31N3O3. The van der Waals surface area contributed by atoms with Crippen molar-refractivity contribution in [3.8, 4) is 22.8 Å². The first kappa shape index (κ1) is 21.8. The normalized spacial score (nSPS) is 14.1. The predicted molar refractivity (Wildman–Crippen MR) is 118 cm³/mol. The maximum absolute atomic E-state index is 11.9. The fraction of sp³-hybridized carbons (Fsp3) is 0.458. The number of ketones is 1. The maximum atomic E-state index is 11.9. The number of carbonyl (C=O) groups excluding carboxylic acids is 1. The van der Waals surface area contributed by atoms with Crippen molar-refractivity contribution in [3.05, 3.63) is 42.2 Å². The van der Waals surface area contributed by atoms with E-state index in [2.05, 4.69) is 17.0 Å². The van der Waals surface area contributed by atoms with Crippen molar-refractivity contribution >= 4 is 11.4 Å². The molecule has 0 atom stereocenters. The zero-order chi connectivity index (χ0) is 21.5. The van der Waals surface area contributed by atoms with Crippen molar-refractivity contribution < 1.29 is 14.3 Å². The molecule has 0 aliphatic heterocycles. The predicted octanol–water partition coefficient (Wildman–Crippen LogP) is 5.59. The summed E-state index contributed by atoms with van der Waals surface area (Å²) in [5.74, 6) is 2.32. The Labute approximate surface area is 178 Å². The summed E-state index contributed by atoms with van der Waals surface area (Å²) in [5.41, 5.74) is 2.78. The summed E-state index contributed by atoms with van der Waals surface area (Å²) in [4.78, 5) is 16.1. The third kappa shape index (κ3) is 4.99. The van der Waals surface area contributed by atoms with Crippen LogP contribution in [0.2, 0.25) is 0 Å². The topological polar surface area (TPSA) is 65.7 Å². The number of nitrogens with zero attached hydrogens (tertiary/aromatic N) is 3. The molecule has 0 saturated heterocycles. The molecule has 0 amide bonds. The van der Waals surface area contributed by atoms with Crippen LogP contribution in [0.1, 0.15) is 62.9 Å². The van der Waals surface area contributed by atoms with Crippen molar-refractivity contribution in [3.63, 3.8) is 0 Å². The van der Waals surface area contributed by atoms with E-state index in [1.54, 1.807) is 31.0 Å². The molecule has 0 radical (unpaired) electrons. The fourth-order valence-electron chi connectivity index (χ4n) is 3.73. The molecule has 0 spiro atoms. The van der Waals surface area contributed by atoms with E-state index in [4.69, 9.17) is 9.47 Å². The molecule has 1 saturated carbocycles. The molecule has 1 aliphatic carbocycles. The number of fused-ring (bicyclic) bond motifs is 1. The highest BCUT2D eigenvalue weighted by Gasteiger charge is 2.14. The van der Waals surface area contributed by atoms with E-state index in [-0.39, 0.29) is 5.78 Å². The Morgan fingerprint density at radius 1 is 1.07 bits per heavy atom. The summed E-state index contributed by atoms with van der Waals surface area (Å²) >= 11 is 0. The van der Waals surface area contributed by atoms with E-state index < -0.39 is 0 Å². The van der Waals surface area contributed by atoms with Gasteiger partial charge in [0, 0.05) is 24.2 Å². The average molecular weight is 410 g/mol. The summed E-state index contributed by atoms with van der Waals surface area (Å²) in [7, 11) is 3.19. The highest BCUT2D eigenvalue weighted by Crippen LogP contribution is 2.32. The molecule has 0 unspecified atom stereocenters. The molecule has 0 N–H and O–H groups in total. The van der Waals surface area contributed by atoms with Gasteiger partial charge in [-0.05, 0) is 30.2 Å². The molecule has 1 aliphatic rings. The van der Waals surface area contributed by atoms with E-state index in [0.29, 0.717) is 29.3 Å². The quantitative estimate of drug-likeness (QED) is 0.514. The van der Waals surface area contributed by atoms with Gasteiger partial charge in [-0.2, -0.15) is 5.10 Å². The molecule has 2 heterocycles. The van der Waals surface area contributed by atoms with E-state index in [1.165, 1.54) is 32.1 Å². The van der Waals surface area contributed by atoms with Crippen LogP contribution in [0.15, 0.2) is 36.5 Å². The summed E-state index contributed by atoms with van der Waals surface area (Å²) < 4.78 is 12.3. The van der Waals surface area contributed by atoms with Crippen LogP contribution in [-0.4, -0.2) is 34.6 Å². The minimum atomic E-state index is -0.00578. The van der Waals surface area contributed by atoms with Crippen LogP contribution >= 0.6 is 0 Å². The van der Waals surface area contributed by atoms with Gasteiger partial charge < -0.3 is 9.47 Å². The number of hydrogen-bond acceptors (Lipinski definition) is 5. The van der Waals surface area contributed by atoms with Crippen molar-refractivity contribution in [1.82, 2.24) is 14.6 Å². The standard InChI is InChI=1S/C17H17N3O3.C7H14/c1-4-14(21)12-10-17-18-8-7-13(20(17)19-12)11-5-6-15(22-2)16(9-11)23-3;1-7-5-3-2-4-6-7/h5-10H,4H2,1-3H3;7H,2-6H2,1H3. The Bertz CT molecular complexity index is 991. The number of ether oxygens (including phenoxy) is 2. The Balaban J connectivity index is 0.000000310. The molecule has 1 fully saturated rings. The van der Waals surface area contributed by atoms with Gasteiger partial charge in [0.05, 0.1) is 19.9 Å². The number of rotatable bonds is 5. The van der Waals surface area contributed by atoms with Gasteiger partial charge in [0.15, 0.2) is 22.9 Å². The third-order valence-electron chi connectivity index (χ3n) is 5.54. The van der Waals surface area contributed by atoms with E-state index in [1.807, 2.05) is 31.2 Å². The monoisotopic (exact) mass is 409 g/mol. The van der Waals surface area contributed by atoms with Gasteiger partial charge in [-0.25, -0.2) is 9.50 Å². The number of methoxy groups -OCH3 is 2. The van der Waals surface area contributed by atoms with Crippen LogP contribution in [0.25, 0.3) is 16.9 Å². The zero-order valence-electron chi connectivity index (χ0n) is 18.4. The number of aromatic nitrogens is 3. The maximum Gasteiger partial charge on any atom is 0.182 e. The Morgan fingerprint density at radius 3 is 2.40 bits per heavy atom. The van der Waals surface area contributed by atoms with E-state index >= 15 is 0 Å². The molecule has 3 aromatic rings. The second-order valence-corrected chi connectivity index (χ2v) is 7.72. The molecular weight excluding hydrogens is 378 g/mol. The lowest BCUT2D eigenvalue weighted by atomic mass is 9.91. The molecule has 1 aromatic carbocycles. The lowest BCUT2D eigenvalue weighted by Crippen LogP contribution is -2.00. The van der Waals surface area contributed by atoms with Crippen LogP contribution in [-0.2, 0) is 0 Å². The van der Waals surface area contributed by atoms with Crippen molar-refractivity contribution in [2.45, 2.75) is 52.4 Å². The highest BCUT2D eigenvalue weighted by molar-refractivity contribution is 5.95. The molecule has 30 heavy (non-hydrogen) atoms. The second-order valence-electron chi connectivity index (χ2n) is 7.72. The van der Waals surface area contributed by atoms with Gasteiger partial charge in [-0.3, -0.25) is 4.79 Å². The minimum absolute atomic E-state index is 0.00578. The summed E-state index contributed by atoms with van der Waals surface area (Å²) in [6, 6.07) is 9.18. The van der Waals surface area contributed by atoms with Gasteiger partial charge >= 0.3 is 0 Å². The first-order valence-corrected chi connectivity index (χ1v) is 10.7. The van der Waals surface area contributed by atoms with E-state index in [9.17, 15) is 4.79 Å². The fourth-order valence-corrected chi connectivity index (χ4v) is 3.73. The largest absolute Gasteiger partial charge is 0.493 e. The smallest absolute Gasteiger partial charge is 0.182 e. The number of Topliss-reactive ketones (excluding diaryl/α,β-unsaturated/α-hetero) is 1. The van der Waals surface area contributed by atoms with Gasteiger partial charge in [-0.1, -0.05) is 46.0 Å². The molecule has 4 rings (SSSR count). The average Bonchev–Trinajstić information content (AvgIpc) is 3.23. The lowest BCUT2D eigenvalue weighted by molar-refractivity contribution is 0.0983. The van der Waals surface area contributed by atoms with Crippen LogP contribution in [0, 0.1) is 5.92 Å². The van der Waals surface area contributed by atoms with Gasteiger partial charge in [0.2, 0.25) is 0 Å². The van der Waals surface area contributed by atoms with Crippen molar-refractivity contribution in [2.24, 2.45) is 5.92 Å². The molecule has 6 heteroatoms. The number of benzene rings is 1. The SMILES string of the molecule is CC1CCCCC1.CCC(=O)c1cc2nccc(-c3ccc(OC)c(OC)c3)n2n1. The molecule has 160 valence electrons. The van der Waals surface area contributed by atoms with Gasteiger partial charge in [0.1, 0.15) is 5.69 Å². The molecule has 0 bridgehead atoms. The summed E-state index contributed by atoms with van der Waals surface area (Å²) in [6.45, 7) is 4.17. The van der Waals surface area contributed by atoms with E-state index in [0.717, 1.165) is 17.2 Å². The number of carbonyl (C=O) groups is 1. The van der Waals surface area contributed by atoms with Crippen molar-refractivity contribution in [1.29, 1.82) is 0 Å². The van der Waals surface area contributed by atoms with Crippen LogP contribution < -0.4 is 9.47 Å². The van der Waals surface area contributed by atoms with Gasteiger partial charge in [0.25, 0.3) is 0 Å². The number of hydrogen-bond donors (Lipinski definition) is 0. The molecule has 2 aromatic heterocycles. The first-order chi connectivity index (χ1) is 14.6. The Kier molecular flexibility index (Phi) is 7.44. The lowest BCUT2D eigenvalue weighted by Gasteiger charge is -2.15. The van der Waals surface area contributed by atoms with Crippen LogP contribution in [0.4, 0.5) is 0 Å². The second kappa shape index (κ2) is 10.2. The minimum Gasteiger partial charge on any atom is -0.493 e. The summed E-state index contributed by atoms with van der Waals surface area (Å²) in [5, 5.41) is 4.39. The van der Waals surface area contributed by atoms with Gasteiger partial charge in [-0.15, -0.1) is 0 Å². The van der Waals surface area contributed by atoms with Crippen LogP contribution in [0.3, 0.4) is 0 Å². The highest BCUT2D eigenvalue weighted by atomic mass is 16.5. The zero-order valence-corrected chi connectivity index (χ0v) is 18.4. The summed E-state index contributed by atoms with van der Waals surface area (Å²) in [6.07, 6.45) is 9.55. The third-order valence-corrected chi connectivity index (χ3v) is 5.54.